The van der Waals surface area contributed by atoms with Crippen LogP contribution in [0.25, 0.3) is 0 Å². The fourth-order valence-electron chi connectivity index (χ4n) is 1.18. The van der Waals surface area contributed by atoms with Gasteiger partial charge >= 0.3 is 5.97 Å². The Morgan fingerprint density at radius 2 is 2.62 bits per heavy atom. The molecule has 1 heterocycles. The molecule has 0 aliphatic carbocycles. The quantitative estimate of drug-likeness (QED) is 0.535. The number of carbonyl (C=O) groups excluding carboxylic acids is 1. The van der Waals surface area contributed by atoms with Crippen LogP contribution in [0.15, 0.2) is 0 Å². The topological polar surface area (TPSA) is 62.6 Å². The van der Waals surface area contributed by atoms with E-state index in [9.17, 15) is 4.79 Å². The summed E-state index contributed by atoms with van der Waals surface area (Å²) in [6, 6.07) is 1.75. The van der Waals surface area contributed by atoms with Crippen molar-refractivity contribution in [3.63, 3.8) is 0 Å². The van der Waals surface area contributed by atoms with Crippen LogP contribution in [0.5, 0.6) is 0 Å². The van der Waals surface area contributed by atoms with Crippen molar-refractivity contribution in [3.05, 3.63) is 0 Å². The van der Waals surface area contributed by atoms with E-state index in [-0.39, 0.29) is 18.6 Å². The molecule has 0 saturated carbocycles. The molecular weight excluding hydrogens is 172 g/mol. The third-order valence-electron chi connectivity index (χ3n) is 1.95. The lowest BCUT2D eigenvalue weighted by molar-refractivity contribution is -0.143. The maximum Gasteiger partial charge on any atom is 0.319 e. The van der Waals surface area contributed by atoms with Gasteiger partial charge in [-0.05, 0) is 0 Å². The Hall–Kier alpha value is -1.12. The Bertz CT molecular complexity index is 224. The number of ether oxygens (including phenoxy) is 2. The first-order valence-corrected chi connectivity index (χ1v) is 4.06. The molecule has 72 valence electrons. The number of nitriles is 1. The molecule has 0 aromatic rings. The summed E-state index contributed by atoms with van der Waals surface area (Å²) in [5.74, 6) is -0.317. The Balaban J connectivity index is 2.46. The average Bonchev–Trinajstić information content (AvgIpc) is 2.18. The third-order valence-corrected chi connectivity index (χ3v) is 1.95. The highest BCUT2D eigenvalue weighted by Crippen LogP contribution is 2.05. The summed E-state index contributed by atoms with van der Waals surface area (Å²) < 4.78 is 9.62. The number of hydrogen-bond acceptors (Lipinski definition) is 5. The molecule has 5 nitrogen and oxygen atoms in total. The van der Waals surface area contributed by atoms with Crippen LogP contribution in [-0.4, -0.2) is 50.3 Å². The SMILES string of the molecule is COC(=O)CN1CCOCC1C#N. The Labute approximate surface area is 76.8 Å². The Morgan fingerprint density at radius 1 is 1.85 bits per heavy atom. The van der Waals surface area contributed by atoms with Crippen molar-refractivity contribution in [1.29, 1.82) is 5.26 Å². The highest BCUT2D eigenvalue weighted by molar-refractivity contribution is 5.71. The van der Waals surface area contributed by atoms with E-state index in [1.165, 1.54) is 7.11 Å². The summed E-state index contributed by atoms with van der Waals surface area (Å²) in [6.07, 6.45) is 0. The average molecular weight is 184 g/mol. The fraction of sp³-hybridized carbons (Fsp3) is 0.750. The van der Waals surface area contributed by atoms with Gasteiger partial charge in [-0.2, -0.15) is 5.26 Å². The number of esters is 1. The van der Waals surface area contributed by atoms with Gasteiger partial charge in [0.2, 0.25) is 0 Å². The van der Waals surface area contributed by atoms with Crippen LogP contribution in [0.1, 0.15) is 0 Å². The summed E-state index contributed by atoms with van der Waals surface area (Å²) in [7, 11) is 1.34. The Morgan fingerprint density at radius 3 is 3.23 bits per heavy atom. The van der Waals surface area contributed by atoms with Gasteiger partial charge in [-0.25, -0.2) is 0 Å². The van der Waals surface area contributed by atoms with Gasteiger partial charge in [0.15, 0.2) is 0 Å². The Kier molecular flexibility index (Phi) is 3.68. The highest BCUT2D eigenvalue weighted by Gasteiger charge is 2.24. The van der Waals surface area contributed by atoms with E-state index >= 15 is 0 Å². The van der Waals surface area contributed by atoms with Crippen molar-refractivity contribution < 1.29 is 14.3 Å². The normalized spacial score (nSPS) is 23.5. The van der Waals surface area contributed by atoms with Crippen LogP contribution >= 0.6 is 0 Å². The van der Waals surface area contributed by atoms with E-state index in [2.05, 4.69) is 10.8 Å². The first-order valence-electron chi connectivity index (χ1n) is 4.06. The number of hydrogen-bond donors (Lipinski definition) is 0. The molecule has 0 bridgehead atoms. The molecule has 0 aromatic heterocycles. The van der Waals surface area contributed by atoms with Crippen LogP contribution in [-0.2, 0) is 14.3 Å². The van der Waals surface area contributed by atoms with E-state index < -0.39 is 0 Å². The van der Waals surface area contributed by atoms with Gasteiger partial charge in [0.25, 0.3) is 0 Å². The molecule has 0 aromatic carbocycles. The van der Waals surface area contributed by atoms with Crippen molar-refractivity contribution in [2.45, 2.75) is 6.04 Å². The third kappa shape index (κ3) is 2.68. The molecule has 1 aliphatic heterocycles. The van der Waals surface area contributed by atoms with Gasteiger partial charge in [-0.3, -0.25) is 9.69 Å². The molecule has 0 N–H and O–H groups in total. The van der Waals surface area contributed by atoms with Crippen molar-refractivity contribution in [2.75, 3.05) is 33.4 Å². The van der Waals surface area contributed by atoms with Crippen molar-refractivity contribution in [1.82, 2.24) is 4.90 Å². The van der Waals surface area contributed by atoms with E-state index in [1.807, 2.05) is 0 Å². The first kappa shape index (κ1) is 9.96. The second-order valence-electron chi connectivity index (χ2n) is 2.77. The first-order chi connectivity index (χ1) is 6.27. The molecular formula is C8H12N2O3. The zero-order valence-electron chi connectivity index (χ0n) is 7.52. The number of nitrogens with zero attached hydrogens (tertiary/aromatic N) is 2. The van der Waals surface area contributed by atoms with Crippen LogP contribution in [0, 0.1) is 11.3 Å². The number of carbonyl (C=O) groups is 1. The standard InChI is InChI=1S/C8H12N2O3/c1-12-8(11)5-10-2-3-13-6-7(10)4-9/h7H,2-3,5-6H2,1H3. The molecule has 0 spiro atoms. The minimum absolute atomic E-state index is 0.165. The number of rotatable bonds is 2. The predicted octanol–water partition coefficient (Wildman–Crippen LogP) is -0.616. The van der Waals surface area contributed by atoms with Crippen molar-refractivity contribution in [3.8, 4) is 6.07 Å². The molecule has 1 unspecified atom stereocenters. The molecule has 1 saturated heterocycles. The van der Waals surface area contributed by atoms with Gasteiger partial charge in [-0.1, -0.05) is 0 Å². The predicted molar refractivity (Wildman–Crippen MR) is 43.8 cm³/mol. The second-order valence-corrected chi connectivity index (χ2v) is 2.77. The summed E-state index contributed by atoms with van der Waals surface area (Å²) in [5.41, 5.74) is 0. The zero-order chi connectivity index (χ0) is 9.68. The molecule has 0 radical (unpaired) electrons. The molecule has 1 aliphatic rings. The molecule has 0 amide bonds. The molecule has 13 heavy (non-hydrogen) atoms. The lowest BCUT2D eigenvalue weighted by Gasteiger charge is -2.29. The van der Waals surface area contributed by atoms with E-state index in [1.54, 1.807) is 4.90 Å². The van der Waals surface area contributed by atoms with Gasteiger partial charge in [-0.15, -0.1) is 0 Å². The number of methoxy groups -OCH3 is 1. The summed E-state index contributed by atoms with van der Waals surface area (Å²) in [4.78, 5) is 12.7. The van der Waals surface area contributed by atoms with Crippen LogP contribution in [0.3, 0.4) is 0 Å². The summed E-state index contributed by atoms with van der Waals surface area (Å²) in [5, 5.41) is 8.72. The van der Waals surface area contributed by atoms with Gasteiger partial charge in [0.05, 0.1) is 32.9 Å². The minimum Gasteiger partial charge on any atom is -0.468 e. The van der Waals surface area contributed by atoms with E-state index in [4.69, 9.17) is 10.00 Å². The van der Waals surface area contributed by atoms with Gasteiger partial charge < -0.3 is 9.47 Å². The lowest BCUT2D eigenvalue weighted by Crippen LogP contribution is -2.47. The van der Waals surface area contributed by atoms with Crippen molar-refractivity contribution in [2.24, 2.45) is 0 Å². The number of morpholine rings is 1. The maximum absolute atomic E-state index is 10.9. The zero-order valence-corrected chi connectivity index (χ0v) is 7.52. The monoisotopic (exact) mass is 184 g/mol. The van der Waals surface area contributed by atoms with E-state index in [0.29, 0.717) is 19.8 Å². The smallest absolute Gasteiger partial charge is 0.319 e. The van der Waals surface area contributed by atoms with Gasteiger partial charge in [0, 0.05) is 6.54 Å². The fourth-order valence-corrected chi connectivity index (χ4v) is 1.18. The second kappa shape index (κ2) is 4.80. The lowest BCUT2D eigenvalue weighted by atomic mass is 10.2. The summed E-state index contributed by atoms with van der Waals surface area (Å²) >= 11 is 0. The molecule has 1 rings (SSSR count). The molecule has 5 heteroatoms. The van der Waals surface area contributed by atoms with Crippen molar-refractivity contribution >= 4 is 5.97 Å². The van der Waals surface area contributed by atoms with Gasteiger partial charge in [0.1, 0.15) is 6.04 Å². The van der Waals surface area contributed by atoms with Crippen LogP contribution < -0.4 is 0 Å². The molecule has 1 fully saturated rings. The van der Waals surface area contributed by atoms with Crippen LogP contribution in [0.2, 0.25) is 0 Å². The summed E-state index contributed by atoms with van der Waals surface area (Å²) in [6.45, 7) is 1.70. The van der Waals surface area contributed by atoms with Crippen LogP contribution in [0.4, 0.5) is 0 Å². The largest absolute Gasteiger partial charge is 0.468 e. The maximum atomic E-state index is 10.9. The highest BCUT2D eigenvalue weighted by atomic mass is 16.5. The minimum atomic E-state index is -0.326. The van der Waals surface area contributed by atoms with E-state index in [0.717, 1.165) is 0 Å². The molecule has 1 atom stereocenters.